The maximum absolute atomic E-state index is 3.71. The van der Waals surface area contributed by atoms with Gasteiger partial charge in [-0.3, -0.25) is 0 Å². The summed E-state index contributed by atoms with van der Waals surface area (Å²) in [5.74, 6) is 3.15. The van der Waals surface area contributed by atoms with Gasteiger partial charge in [0.25, 0.3) is 0 Å². The zero-order valence-electron chi connectivity index (χ0n) is 13.2. The number of rotatable bonds is 7. The Bertz CT molecular complexity index is 237. The predicted octanol–water partition coefficient (Wildman–Crippen LogP) is 3.52. The first-order chi connectivity index (χ1) is 9.33. The van der Waals surface area contributed by atoms with Crippen molar-refractivity contribution < 1.29 is 0 Å². The number of nitrogens with one attached hydrogen (secondary N) is 1. The Morgan fingerprint density at radius 1 is 0.947 bits per heavy atom. The normalized spacial score (nSPS) is 31.4. The van der Waals surface area contributed by atoms with Crippen LogP contribution in [-0.2, 0) is 0 Å². The highest BCUT2D eigenvalue weighted by Gasteiger charge is 2.31. The molecule has 2 nitrogen and oxygen atoms in total. The van der Waals surface area contributed by atoms with Crippen LogP contribution < -0.4 is 5.32 Å². The highest BCUT2D eigenvalue weighted by Crippen LogP contribution is 2.42. The first-order valence-electron chi connectivity index (χ1n) is 8.76. The highest BCUT2D eigenvalue weighted by atomic mass is 15.1. The molecule has 0 radical (unpaired) electrons. The minimum atomic E-state index is 0.969. The number of fused-ring (bicyclic) bond motifs is 1. The van der Waals surface area contributed by atoms with Crippen molar-refractivity contribution in [3.63, 3.8) is 0 Å². The van der Waals surface area contributed by atoms with Crippen LogP contribution in [0.5, 0.6) is 0 Å². The topological polar surface area (TPSA) is 15.3 Å². The van der Waals surface area contributed by atoms with Crippen molar-refractivity contribution in [3.8, 4) is 0 Å². The van der Waals surface area contributed by atoms with E-state index in [1.807, 2.05) is 0 Å². The fourth-order valence-corrected chi connectivity index (χ4v) is 4.24. The smallest absolute Gasteiger partial charge is 0.0107 e. The second-order valence-electron chi connectivity index (χ2n) is 6.71. The van der Waals surface area contributed by atoms with Crippen LogP contribution in [0, 0.1) is 17.8 Å². The van der Waals surface area contributed by atoms with Gasteiger partial charge in [0.1, 0.15) is 0 Å². The lowest BCUT2D eigenvalue weighted by atomic mass is 9.67. The Balaban J connectivity index is 1.59. The third kappa shape index (κ3) is 4.75. The average molecular weight is 266 g/mol. The first-order valence-corrected chi connectivity index (χ1v) is 8.76. The van der Waals surface area contributed by atoms with E-state index in [2.05, 4.69) is 24.1 Å². The van der Waals surface area contributed by atoms with E-state index in [-0.39, 0.29) is 0 Å². The van der Waals surface area contributed by atoms with Crippen LogP contribution in [0.2, 0.25) is 0 Å². The maximum atomic E-state index is 3.71. The van der Waals surface area contributed by atoms with E-state index in [0.29, 0.717) is 0 Å². The molecule has 112 valence electrons. The molecule has 0 aromatic rings. The van der Waals surface area contributed by atoms with Crippen LogP contribution in [0.4, 0.5) is 0 Å². The summed E-state index contributed by atoms with van der Waals surface area (Å²) in [5, 5.41) is 3.71. The molecule has 0 spiro atoms. The van der Waals surface area contributed by atoms with Crippen molar-refractivity contribution in [1.29, 1.82) is 0 Å². The zero-order chi connectivity index (χ0) is 13.5. The van der Waals surface area contributed by atoms with Gasteiger partial charge in [-0.05, 0) is 56.7 Å². The second-order valence-corrected chi connectivity index (χ2v) is 6.71. The summed E-state index contributed by atoms with van der Waals surface area (Å²) in [6, 6.07) is 0. The zero-order valence-corrected chi connectivity index (χ0v) is 13.2. The molecular weight excluding hydrogens is 232 g/mol. The number of likely N-dealkylation sites (N-methyl/N-ethyl adjacent to an activating group) is 1. The molecule has 2 heteroatoms. The summed E-state index contributed by atoms with van der Waals surface area (Å²) in [6.07, 6.45) is 10.6. The molecule has 1 N–H and O–H groups in total. The van der Waals surface area contributed by atoms with E-state index in [4.69, 9.17) is 0 Å². The van der Waals surface area contributed by atoms with Crippen LogP contribution in [0.25, 0.3) is 0 Å². The van der Waals surface area contributed by atoms with Gasteiger partial charge in [0, 0.05) is 13.1 Å². The number of hydrogen-bond donors (Lipinski definition) is 1. The molecule has 0 bridgehead atoms. The summed E-state index contributed by atoms with van der Waals surface area (Å²) in [6.45, 7) is 10.5. The largest absolute Gasteiger partial charge is 0.315 e. The van der Waals surface area contributed by atoms with E-state index in [1.54, 1.807) is 0 Å². The van der Waals surface area contributed by atoms with E-state index in [0.717, 1.165) is 17.8 Å². The van der Waals surface area contributed by atoms with Crippen LogP contribution in [0.1, 0.15) is 58.8 Å². The van der Waals surface area contributed by atoms with Crippen molar-refractivity contribution in [2.24, 2.45) is 17.8 Å². The standard InChI is InChI=1S/C17H34N2/c1-3-19(4-2)12-11-18-14-15-9-10-16-7-5-6-8-17(16)13-15/h15-18H,3-14H2,1-2H3. The quantitative estimate of drug-likeness (QED) is 0.709. The molecule has 19 heavy (non-hydrogen) atoms. The lowest BCUT2D eigenvalue weighted by Gasteiger charge is -2.39. The van der Waals surface area contributed by atoms with Gasteiger partial charge in [0.2, 0.25) is 0 Å². The minimum absolute atomic E-state index is 0.969. The molecular formula is C17H34N2. The fraction of sp³-hybridized carbons (Fsp3) is 1.00. The van der Waals surface area contributed by atoms with E-state index in [9.17, 15) is 0 Å². The summed E-state index contributed by atoms with van der Waals surface area (Å²) < 4.78 is 0. The Labute approximate surface area is 120 Å². The minimum Gasteiger partial charge on any atom is -0.315 e. The Morgan fingerprint density at radius 2 is 1.68 bits per heavy atom. The fourth-order valence-electron chi connectivity index (χ4n) is 4.24. The molecule has 2 saturated carbocycles. The van der Waals surface area contributed by atoms with Crippen molar-refractivity contribution in [2.75, 3.05) is 32.7 Å². The van der Waals surface area contributed by atoms with Crippen LogP contribution >= 0.6 is 0 Å². The van der Waals surface area contributed by atoms with Crippen LogP contribution in [-0.4, -0.2) is 37.6 Å². The van der Waals surface area contributed by atoms with Gasteiger partial charge in [0.15, 0.2) is 0 Å². The summed E-state index contributed by atoms with van der Waals surface area (Å²) >= 11 is 0. The predicted molar refractivity (Wildman–Crippen MR) is 83.4 cm³/mol. The van der Waals surface area contributed by atoms with Gasteiger partial charge < -0.3 is 10.2 Å². The number of nitrogens with zero attached hydrogens (tertiary/aromatic N) is 1. The molecule has 0 aromatic heterocycles. The molecule has 2 fully saturated rings. The molecule has 0 aliphatic heterocycles. The van der Waals surface area contributed by atoms with Crippen molar-refractivity contribution >= 4 is 0 Å². The van der Waals surface area contributed by atoms with Crippen LogP contribution in [0.3, 0.4) is 0 Å². The lowest BCUT2D eigenvalue weighted by Crippen LogP contribution is -2.36. The molecule has 0 amide bonds. The third-order valence-corrected chi connectivity index (χ3v) is 5.58. The Hall–Kier alpha value is -0.0800. The lowest BCUT2D eigenvalue weighted by molar-refractivity contribution is 0.128. The number of hydrogen-bond acceptors (Lipinski definition) is 2. The molecule has 0 heterocycles. The summed E-state index contributed by atoms with van der Waals surface area (Å²) in [7, 11) is 0. The van der Waals surface area contributed by atoms with Gasteiger partial charge in [0.05, 0.1) is 0 Å². The molecule has 2 aliphatic rings. The molecule has 2 rings (SSSR count). The first kappa shape index (κ1) is 15.3. The van der Waals surface area contributed by atoms with Gasteiger partial charge in [-0.2, -0.15) is 0 Å². The monoisotopic (exact) mass is 266 g/mol. The van der Waals surface area contributed by atoms with E-state index < -0.39 is 0 Å². The van der Waals surface area contributed by atoms with Crippen molar-refractivity contribution in [1.82, 2.24) is 10.2 Å². The van der Waals surface area contributed by atoms with Gasteiger partial charge >= 0.3 is 0 Å². The SMILES string of the molecule is CCN(CC)CCNCC1CCC2CCCCC2C1. The van der Waals surface area contributed by atoms with Gasteiger partial charge in [-0.15, -0.1) is 0 Å². The Morgan fingerprint density at radius 3 is 2.42 bits per heavy atom. The molecule has 0 aromatic carbocycles. The van der Waals surface area contributed by atoms with Crippen LogP contribution in [0.15, 0.2) is 0 Å². The van der Waals surface area contributed by atoms with Crippen molar-refractivity contribution in [3.05, 3.63) is 0 Å². The Kier molecular flexibility index (Phi) is 6.66. The molecule has 0 saturated heterocycles. The maximum Gasteiger partial charge on any atom is 0.0107 e. The third-order valence-electron chi connectivity index (χ3n) is 5.58. The highest BCUT2D eigenvalue weighted by molar-refractivity contribution is 4.83. The van der Waals surface area contributed by atoms with Gasteiger partial charge in [-0.1, -0.05) is 39.5 Å². The second kappa shape index (κ2) is 8.26. The summed E-state index contributed by atoms with van der Waals surface area (Å²) in [5.41, 5.74) is 0. The summed E-state index contributed by atoms with van der Waals surface area (Å²) in [4.78, 5) is 2.50. The van der Waals surface area contributed by atoms with Crippen molar-refractivity contribution in [2.45, 2.75) is 58.8 Å². The molecule has 3 atom stereocenters. The van der Waals surface area contributed by atoms with Gasteiger partial charge in [-0.25, -0.2) is 0 Å². The van der Waals surface area contributed by atoms with E-state index >= 15 is 0 Å². The molecule has 2 aliphatic carbocycles. The average Bonchev–Trinajstić information content (AvgIpc) is 2.47. The van der Waals surface area contributed by atoms with E-state index in [1.165, 1.54) is 77.7 Å². The molecule has 3 unspecified atom stereocenters.